The molecular formula is C6H3F3N2O2. The molecule has 1 heterocycles. The van der Waals surface area contributed by atoms with Gasteiger partial charge >= 0.3 is 6.18 Å². The predicted octanol–water partition coefficient (Wildman–Crippen LogP) is 0.601. The number of rotatable bonds is 1. The normalized spacial score (nSPS) is 11.3. The van der Waals surface area contributed by atoms with Crippen LogP contribution in [0.15, 0.2) is 11.1 Å². The van der Waals surface area contributed by atoms with Crippen molar-refractivity contribution >= 4 is 6.29 Å². The van der Waals surface area contributed by atoms with Crippen molar-refractivity contribution in [2.45, 2.75) is 6.18 Å². The lowest BCUT2D eigenvalue weighted by Crippen LogP contribution is -2.21. The summed E-state index contributed by atoms with van der Waals surface area (Å²) in [6.07, 6.45) is -4.36. The van der Waals surface area contributed by atoms with Crippen LogP contribution in [0.3, 0.4) is 0 Å². The van der Waals surface area contributed by atoms with Gasteiger partial charge in [0.15, 0.2) is 12.0 Å². The molecule has 0 saturated heterocycles. The third-order valence-electron chi connectivity index (χ3n) is 1.28. The molecule has 0 radical (unpaired) electrons. The lowest BCUT2D eigenvalue weighted by atomic mass is 10.2. The highest BCUT2D eigenvalue weighted by molar-refractivity contribution is 5.75. The fourth-order valence-corrected chi connectivity index (χ4v) is 0.746. The molecule has 0 aromatic carbocycles. The number of aromatic amines is 1. The molecule has 0 aliphatic carbocycles. The van der Waals surface area contributed by atoms with E-state index in [1.165, 1.54) is 0 Å². The Morgan fingerprint density at radius 3 is 2.46 bits per heavy atom. The second-order valence-corrected chi connectivity index (χ2v) is 2.11. The largest absolute Gasteiger partial charge is 0.434 e. The van der Waals surface area contributed by atoms with Crippen LogP contribution in [0.4, 0.5) is 13.2 Å². The molecule has 1 aromatic heterocycles. The van der Waals surface area contributed by atoms with Gasteiger partial charge in [-0.15, -0.1) is 0 Å². The van der Waals surface area contributed by atoms with Crippen LogP contribution < -0.4 is 5.56 Å². The predicted molar refractivity (Wildman–Crippen MR) is 35.2 cm³/mol. The number of carbonyl (C=O) groups is 1. The van der Waals surface area contributed by atoms with Gasteiger partial charge in [-0.2, -0.15) is 13.2 Å². The first-order chi connectivity index (χ1) is 5.96. The molecule has 1 N–H and O–H groups in total. The maximum Gasteiger partial charge on any atom is 0.434 e. The molecule has 1 aromatic rings. The number of aromatic nitrogens is 2. The maximum atomic E-state index is 12.0. The number of hydrogen-bond donors (Lipinski definition) is 1. The van der Waals surface area contributed by atoms with E-state index >= 15 is 0 Å². The summed E-state index contributed by atoms with van der Waals surface area (Å²) in [6.45, 7) is 0. The number of hydrogen-bond acceptors (Lipinski definition) is 3. The number of alkyl halides is 3. The summed E-state index contributed by atoms with van der Waals surface area (Å²) in [4.78, 5) is 25.6. The molecule has 0 aliphatic rings. The first-order valence-electron chi connectivity index (χ1n) is 3.07. The third-order valence-corrected chi connectivity index (χ3v) is 1.28. The molecule has 4 nitrogen and oxygen atoms in total. The Morgan fingerprint density at radius 1 is 1.46 bits per heavy atom. The highest BCUT2D eigenvalue weighted by Crippen LogP contribution is 2.27. The summed E-state index contributed by atoms with van der Waals surface area (Å²) in [7, 11) is 0. The van der Waals surface area contributed by atoms with Crippen molar-refractivity contribution in [3.8, 4) is 0 Å². The van der Waals surface area contributed by atoms with E-state index in [1.807, 2.05) is 4.98 Å². The van der Waals surface area contributed by atoms with Gasteiger partial charge in [0.1, 0.15) is 5.56 Å². The van der Waals surface area contributed by atoms with Gasteiger partial charge < -0.3 is 4.98 Å². The van der Waals surface area contributed by atoms with Crippen LogP contribution in [0.2, 0.25) is 0 Å². The SMILES string of the molecule is O=Cc1c(C(F)(F)F)nc[nH]c1=O. The van der Waals surface area contributed by atoms with E-state index in [2.05, 4.69) is 4.98 Å². The molecule has 0 spiro atoms. The van der Waals surface area contributed by atoms with Gasteiger partial charge in [-0.05, 0) is 0 Å². The molecule has 0 atom stereocenters. The van der Waals surface area contributed by atoms with Crippen LogP contribution >= 0.6 is 0 Å². The van der Waals surface area contributed by atoms with Crippen molar-refractivity contribution in [1.82, 2.24) is 9.97 Å². The van der Waals surface area contributed by atoms with Crippen LogP contribution in [0.5, 0.6) is 0 Å². The lowest BCUT2D eigenvalue weighted by Gasteiger charge is -2.05. The standard InChI is InChI=1S/C6H3F3N2O2/c7-6(8,9)4-3(1-12)5(13)11-2-10-4/h1-2H,(H,10,11,13). The Labute approximate surface area is 69.4 Å². The number of nitrogens with one attached hydrogen (secondary N) is 1. The van der Waals surface area contributed by atoms with Crippen molar-refractivity contribution in [3.05, 3.63) is 27.9 Å². The Bertz CT molecular complexity index is 382. The quantitative estimate of drug-likeness (QED) is 0.662. The minimum absolute atomic E-state index is 0.172. The first-order valence-corrected chi connectivity index (χ1v) is 3.07. The zero-order valence-corrected chi connectivity index (χ0v) is 6.05. The zero-order valence-electron chi connectivity index (χ0n) is 6.05. The van der Waals surface area contributed by atoms with Crippen LogP contribution in [0, 0.1) is 0 Å². The summed E-state index contributed by atoms with van der Waals surface area (Å²) in [5.41, 5.74) is -3.57. The number of aldehydes is 1. The minimum Gasteiger partial charge on any atom is -0.313 e. The minimum atomic E-state index is -4.79. The van der Waals surface area contributed by atoms with Gasteiger partial charge in [-0.1, -0.05) is 0 Å². The number of carbonyl (C=O) groups excluding carboxylic acids is 1. The van der Waals surface area contributed by atoms with Crippen LogP contribution in [0.25, 0.3) is 0 Å². The summed E-state index contributed by atoms with van der Waals surface area (Å²) in [5.74, 6) is 0. The van der Waals surface area contributed by atoms with Gasteiger partial charge in [0, 0.05) is 0 Å². The molecule has 70 valence electrons. The molecular weight excluding hydrogens is 189 g/mol. The number of nitrogens with zero attached hydrogens (tertiary/aromatic N) is 1. The van der Waals surface area contributed by atoms with Gasteiger partial charge in [-0.3, -0.25) is 9.59 Å². The van der Waals surface area contributed by atoms with E-state index < -0.39 is 23.0 Å². The smallest absolute Gasteiger partial charge is 0.313 e. The van der Waals surface area contributed by atoms with E-state index in [0.717, 1.165) is 0 Å². The van der Waals surface area contributed by atoms with Crippen LogP contribution in [-0.4, -0.2) is 16.3 Å². The fourth-order valence-electron chi connectivity index (χ4n) is 0.746. The average molecular weight is 192 g/mol. The van der Waals surface area contributed by atoms with E-state index in [1.54, 1.807) is 0 Å². The van der Waals surface area contributed by atoms with Crippen molar-refractivity contribution in [2.75, 3.05) is 0 Å². The van der Waals surface area contributed by atoms with E-state index in [0.29, 0.717) is 6.33 Å². The lowest BCUT2D eigenvalue weighted by molar-refractivity contribution is -0.141. The Hall–Kier alpha value is -1.66. The molecule has 0 bridgehead atoms. The molecule has 7 heteroatoms. The molecule has 13 heavy (non-hydrogen) atoms. The summed E-state index contributed by atoms with van der Waals surface area (Å²) < 4.78 is 36.1. The number of H-pyrrole nitrogens is 1. The first kappa shape index (κ1) is 9.43. The summed E-state index contributed by atoms with van der Waals surface area (Å²) in [5, 5.41) is 0. The zero-order chi connectivity index (χ0) is 10.1. The Morgan fingerprint density at radius 2 is 2.08 bits per heavy atom. The highest BCUT2D eigenvalue weighted by Gasteiger charge is 2.36. The van der Waals surface area contributed by atoms with Gasteiger partial charge in [0.05, 0.1) is 6.33 Å². The van der Waals surface area contributed by atoms with Crippen molar-refractivity contribution in [2.24, 2.45) is 0 Å². The van der Waals surface area contributed by atoms with Crippen molar-refractivity contribution < 1.29 is 18.0 Å². The average Bonchev–Trinajstić information content (AvgIpc) is 2.02. The third kappa shape index (κ3) is 1.74. The molecule has 0 aliphatic heterocycles. The Balaban J connectivity index is 3.46. The maximum absolute atomic E-state index is 12.0. The van der Waals surface area contributed by atoms with Crippen molar-refractivity contribution in [3.63, 3.8) is 0 Å². The van der Waals surface area contributed by atoms with E-state index in [-0.39, 0.29) is 6.29 Å². The Kier molecular flexibility index (Phi) is 2.18. The van der Waals surface area contributed by atoms with Gasteiger partial charge in [-0.25, -0.2) is 4.98 Å². The molecule has 0 saturated carbocycles. The van der Waals surface area contributed by atoms with Crippen molar-refractivity contribution in [1.29, 1.82) is 0 Å². The topological polar surface area (TPSA) is 62.8 Å². The summed E-state index contributed by atoms with van der Waals surface area (Å²) >= 11 is 0. The molecule has 0 unspecified atom stereocenters. The highest BCUT2D eigenvalue weighted by atomic mass is 19.4. The second-order valence-electron chi connectivity index (χ2n) is 2.11. The van der Waals surface area contributed by atoms with E-state index in [4.69, 9.17) is 0 Å². The van der Waals surface area contributed by atoms with Gasteiger partial charge in [0.25, 0.3) is 5.56 Å². The van der Waals surface area contributed by atoms with Crippen LogP contribution in [-0.2, 0) is 6.18 Å². The van der Waals surface area contributed by atoms with Crippen LogP contribution in [0.1, 0.15) is 16.1 Å². The second kappa shape index (κ2) is 3.00. The summed E-state index contributed by atoms with van der Waals surface area (Å²) in [6, 6.07) is 0. The molecule has 0 amide bonds. The fraction of sp³-hybridized carbons (Fsp3) is 0.167. The molecule has 0 fully saturated rings. The molecule has 1 rings (SSSR count). The van der Waals surface area contributed by atoms with Gasteiger partial charge in [0.2, 0.25) is 0 Å². The van der Waals surface area contributed by atoms with E-state index in [9.17, 15) is 22.8 Å². The monoisotopic (exact) mass is 192 g/mol. The number of halogens is 3.